The maximum Gasteiger partial charge on any atom is 0.272 e. The van der Waals surface area contributed by atoms with Crippen LogP contribution in [0.5, 0.6) is 0 Å². The average molecular weight is 401 g/mol. The van der Waals surface area contributed by atoms with Crippen LogP contribution >= 0.6 is 0 Å². The maximum absolute atomic E-state index is 13.8. The third-order valence-corrected chi connectivity index (χ3v) is 5.15. The summed E-state index contributed by atoms with van der Waals surface area (Å²) in [6.45, 7) is 5.20. The van der Waals surface area contributed by atoms with Gasteiger partial charge in [-0.2, -0.15) is 0 Å². The first-order valence-corrected chi connectivity index (χ1v) is 9.50. The number of hydrogen-bond donors (Lipinski definition) is 1. The van der Waals surface area contributed by atoms with E-state index in [0.29, 0.717) is 42.3 Å². The van der Waals surface area contributed by atoms with Crippen molar-refractivity contribution < 1.29 is 18.3 Å². The standard InChI is InChI=1S/C20H21F2N5O2/c1-3-27-17-7-14(22)13(21)6-15(17)25-19(27)18(12-4-5-29-10-12)26-20(28)16-9-23-11(2)8-24-16/h6-9,12,18H,3-5,10H2,1-2H3,(H,26,28). The first-order valence-electron chi connectivity index (χ1n) is 9.50. The van der Waals surface area contributed by atoms with Gasteiger partial charge in [-0.1, -0.05) is 0 Å². The Hall–Kier alpha value is -2.94. The zero-order valence-electron chi connectivity index (χ0n) is 16.2. The molecule has 1 saturated heterocycles. The summed E-state index contributed by atoms with van der Waals surface area (Å²) in [4.78, 5) is 25.6. The van der Waals surface area contributed by atoms with Crippen molar-refractivity contribution in [3.63, 3.8) is 0 Å². The Balaban J connectivity index is 1.75. The molecule has 1 aliphatic heterocycles. The normalized spacial score (nSPS) is 17.6. The van der Waals surface area contributed by atoms with E-state index in [0.717, 1.165) is 18.6 Å². The first kappa shape index (κ1) is 19.4. The quantitative estimate of drug-likeness (QED) is 0.711. The largest absolute Gasteiger partial charge is 0.381 e. The highest BCUT2D eigenvalue weighted by Crippen LogP contribution is 2.31. The fourth-order valence-corrected chi connectivity index (χ4v) is 3.64. The highest BCUT2D eigenvalue weighted by Gasteiger charge is 2.33. The second-order valence-electron chi connectivity index (χ2n) is 7.09. The summed E-state index contributed by atoms with van der Waals surface area (Å²) in [6.07, 6.45) is 3.68. The van der Waals surface area contributed by atoms with E-state index in [2.05, 4.69) is 20.3 Å². The molecule has 1 fully saturated rings. The van der Waals surface area contributed by atoms with E-state index < -0.39 is 17.7 Å². The van der Waals surface area contributed by atoms with Crippen LogP contribution in [-0.2, 0) is 11.3 Å². The number of benzene rings is 1. The van der Waals surface area contributed by atoms with Gasteiger partial charge in [-0.3, -0.25) is 9.78 Å². The number of carbonyl (C=O) groups excluding carboxylic acids is 1. The summed E-state index contributed by atoms with van der Waals surface area (Å²) in [7, 11) is 0. The number of rotatable bonds is 5. The summed E-state index contributed by atoms with van der Waals surface area (Å²) in [5.74, 6) is -1.75. The molecule has 7 nitrogen and oxygen atoms in total. The van der Waals surface area contributed by atoms with Gasteiger partial charge >= 0.3 is 0 Å². The van der Waals surface area contributed by atoms with Gasteiger partial charge < -0.3 is 14.6 Å². The molecule has 0 spiro atoms. The summed E-state index contributed by atoms with van der Waals surface area (Å²) in [5.41, 5.74) is 1.72. The van der Waals surface area contributed by atoms with Gasteiger partial charge in [-0.05, 0) is 20.3 Å². The van der Waals surface area contributed by atoms with Crippen LogP contribution in [0.4, 0.5) is 8.78 Å². The zero-order chi connectivity index (χ0) is 20.5. The molecule has 3 heterocycles. The SMILES string of the molecule is CCn1c(C(NC(=O)c2cnc(C)cn2)C2CCOC2)nc2cc(F)c(F)cc21. The minimum absolute atomic E-state index is 0.0193. The van der Waals surface area contributed by atoms with Crippen molar-refractivity contribution in [2.75, 3.05) is 13.2 Å². The van der Waals surface area contributed by atoms with Gasteiger partial charge in [0.2, 0.25) is 0 Å². The molecule has 1 amide bonds. The zero-order valence-corrected chi connectivity index (χ0v) is 16.2. The Kier molecular flexibility index (Phi) is 5.23. The van der Waals surface area contributed by atoms with Crippen LogP contribution in [0.2, 0.25) is 0 Å². The Morgan fingerprint density at radius 3 is 2.76 bits per heavy atom. The number of ether oxygens (including phenoxy) is 1. The molecule has 2 unspecified atom stereocenters. The van der Waals surface area contributed by atoms with Crippen molar-refractivity contribution >= 4 is 16.9 Å². The van der Waals surface area contributed by atoms with Gasteiger partial charge in [0, 0.05) is 37.4 Å². The number of aryl methyl sites for hydroxylation is 2. The summed E-state index contributed by atoms with van der Waals surface area (Å²) >= 11 is 0. The topological polar surface area (TPSA) is 81.9 Å². The third-order valence-electron chi connectivity index (χ3n) is 5.15. The summed E-state index contributed by atoms with van der Waals surface area (Å²) in [5, 5.41) is 2.98. The van der Waals surface area contributed by atoms with Gasteiger partial charge in [-0.25, -0.2) is 18.7 Å². The van der Waals surface area contributed by atoms with Crippen LogP contribution < -0.4 is 5.32 Å². The molecule has 1 aromatic carbocycles. The monoisotopic (exact) mass is 401 g/mol. The van der Waals surface area contributed by atoms with Crippen LogP contribution in [0.25, 0.3) is 11.0 Å². The molecule has 29 heavy (non-hydrogen) atoms. The number of fused-ring (bicyclic) bond motifs is 1. The van der Waals surface area contributed by atoms with E-state index in [4.69, 9.17) is 4.74 Å². The van der Waals surface area contributed by atoms with E-state index in [1.54, 1.807) is 11.5 Å². The summed E-state index contributed by atoms with van der Waals surface area (Å²) in [6, 6.07) is 1.72. The van der Waals surface area contributed by atoms with Crippen molar-refractivity contribution in [2.45, 2.75) is 32.9 Å². The average Bonchev–Trinajstić information content (AvgIpc) is 3.35. The van der Waals surface area contributed by atoms with Gasteiger partial charge in [0.15, 0.2) is 11.6 Å². The minimum Gasteiger partial charge on any atom is -0.381 e. The number of nitrogens with one attached hydrogen (secondary N) is 1. The van der Waals surface area contributed by atoms with E-state index in [-0.39, 0.29) is 17.5 Å². The fourth-order valence-electron chi connectivity index (χ4n) is 3.64. The van der Waals surface area contributed by atoms with Crippen molar-refractivity contribution in [3.8, 4) is 0 Å². The van der Waals surface area contributed by atoms with Gasteiger partial charge in [0.1, 0.15) is 11.5 Å². The molecule has 0 bridgehead atoms. The second kappa shape index (κ2) is 7.82. The molecule has 4 rings (SSSR count). The lowest BCUT2D eigenvalue weighted by molar-refractivity contribution is 0.0906. The molecule has 2 aromatic heterocycles. The number of halogens is 2. The number of nitrogens with zero attached hydrogens (tertiary/aromatic N) is 4. The molecule has 9 heteroatoms. The Morgan fingerprint density at radius 1 is 1.31 bits per heavy atom. The predicted octanol–water partition coefficient (Wildman–Crippen LogP) is 2.94. The second-order valence-corrected chi connectivity index (χ2v) is 7.09. The number of aromatic nitrogens is 4. The molecule has 1 N–H and O–H groups in total. The van der Waals surface area contributed by atoms with Gasteiger partial charge in [0.25, 0.3) is 5.91 Å². The molecule has 3 aromatic rings. The van der Waals surface area contributed by atoms with Crippen LogP contribution in [0.15, 0.2) is 24.5 Å². The Bertz CT molecular complexity index is 1050. The fraction of sp³-hybridized carbons (Fsp3) is 0.400. The molecule has 2 atom stereocenters. The number of carbonyl (C=O) groups is 1. The molecule has 0 aliphatic carbocycles. The number of hydrogen-bond acceptors (Lipinski definition) is 5. The van der Waals surface area contributed by atoms with E-state index >= 15 is 0 Å². The first-order chi connectivity index (χ1) is 14.0. The van der Waals surface area contributed by atoms with Crippen molar-refractivity contribution in [1.82, 2.24) is 24.8 Å². The molecule has 0 saturated carbocycles. The smallest absolute Gasteiger partial charge is 0.272 e. The van der Waals surface area contributed by atoms with Gasteiger partial charge in [0.05, 0.1) is 35.6 Å². The van der Waals surface area contributed by atoms with E-state index in [9.17, 15) is 13.6 Å². The van der Waals surface area contributed by atoms with Crippen LogP contribution in [0, 0.1) is 24.5 Å². The number of imidazole rings is 1. The Morgan fingerprint density at radius 2 is 2.10 bits per heavy atom. The molecule has 1 aliphatic rings. The highest BCUT2D eigenvalue weighted by atomic mass is 19.2. The highest BCUT2D eigenvalue weighted by molar-refractivity contribution is 5.92. The Labute approximate surface area is 166 Å². The minimum atomic E-state index is -0.954. The van der Waals surface area contributed by atoms with Gasteiger partial charge in [-0.15, -0.1) is 0 Å². The van der Waals surface area contributed by atoms with Crippen molar-refractivity contribution in [2.24, 2.45) is 5.92 Å². The third kappa shape index (κ3) is 3.69. The van der Waals surface area contributed by atoms with Crippen LogP contribution in [0.3, 0.4) is 0 Å². The van der Waals surface area contributed by atoms with Crippen molar-refractivity contribution in [3.05, 3.63) is 53.4 Å². The van der Waals surface area contributed by atoms with E-state index in [1.807, 2.05) is 6.92 Å². The van der Waals surface area contributed by atoms with E-state index in [1.165, 1.54) is 12.4 Å². The predicted molar refractivity (Wildman–Crippen MR) is 101 cm³/mol. The van der Waals surface area contributed by atoms with Crippen molar-refractivity contribution in [1.29, 1.82) is 0 Å². The lowest BCUT2D eigenvalue weighted by Crippen LogP contribution is -2.36. The van der Waals surface area contributed by atoms with Crippen LogP contribution in [0.1, 0.15) is 41.4 Å². The molecular formula is C20H21F2N5O2. The van der Waals surface area contributed by atoms with Crippen LogP contribution in [-0.4, -0.2) is 38.6 Å². The molecule has 152 valence electrons. The lowest BCUT2D eigenvalue weighted by atomic mass is 9.98. The molecular weight excluding hydrogens is 380 g/mol. The molecule has 0 radical (unpaired) electrons. The lowest BCUT2D eigenvalue weighted by Gasteiger charge is -2.24. The summed E-state index contributed by atoms with van der Waals surface area (Å²) < 4.78 is 34.9. The maximum atomic E-state index is 13.8. The number of amides is 1.